The summed E-state index contributed by atoms with van der Waals surface area (Å²) in [5, 5.41) is 5.34. The van der Waals surface area contributed by atoms with E-state index < -0.39 is 0 Å². The minimum atomic E-state index is 0.179. The number of carbonyl (C=O) groups is 1. The van der Waals surface area contributed by atoms with Crippen molar-refractivity contribution in [1.29, 1.82) is 0 Å². The van der Waals surface area contributed by atoms with Crippen LogP contribution in [0.15, 0.2) is 17.5 Å². The van der Waals surface area contributed by atoms with Crippen LogP contribution >= 0.6 is 11.3 Å². The second kappa shape index (κ2) is 5.46. The fraction of sp³-hybridized carbons (Fsp3) is 0.583. The van der Waals surface area contributed by atoms with E-state index in [1.54, 1.807) is 11.3 Å². The Bertz CT molecular complexity index is 331. The Labute approximate surface area is 100 Å². The molecule has 0 unspecified atom stereocenters. The molecule has 16 heavy (non-hydrogen) atoms. The molecule has 1 atom stereocenters. The van der Waals surface area contributed by atoms with Gasteiger partial charge in [0.25, 0.3) is 0 Å². The zero-order valence-corrected chi connectivity index (χ0v) is 10.4. The first-order valence-electron chi connectivity index (χ1n) is 5.75. The van der Waals surface area contributed by atoms with Crippen molar-refractivity contribution in [3.05, 3.63) is 22.4 Å². The molecule has 1 aromatic heterocycles. The number of hydrogen-bond acceptors (Lipinski definition) is 3. The second-order valence-electron chi connectivity index (χ2n) is 4.32. The third-order valence-corrected chi connectivity index (χ3v) is 3.86. The average molecular weight is 238 g/mol. The van der Waals surface area contributed by atoms with Crippen LogP contribution in [-0.4, -0.2) is 30.9 Å². The van der Waals surface area contributed by atoms with Crippen molar-refractivity contribution in [3.8, 4) is 0 Å². The summed E-state index contributed by atoms with van der Waals surface area (Å²) in [5.74, 6) is 0.458. The first-order chi connectivity index (χ1) is 7.77. The number of nitrogens with one attached hydrogen (secondary N) is 1. The molecule has 2 rings (SSSR count). The molecule has 2 heterocycles. The van der Waals surface area contributed by atoms with Crippen molar-refractivity contribution in [3.63, 3.8) is 0 Å². The number of amides is 1. The molecule has 3 nitrogen and oxygen atoms in total. The monoisotopic (exact) mass is 238 g/mol. The molecular weight excluding hydrogens is 220 g/mol. The van der Waals surface area contributed by atoms with Crippen LogP contribution in [0.5, 0.6) is 0 Å². The Hall–Kier alpha value is -0.870. The van der Waals surface area contributed by atoms with Crippen molar-refractivity contribution in [2.75, 3.05) is 20.1 Å². The van der Waals surface area contributed by atoms with Gasteiger partial charge in [0.15, 0.2) is 0 Å². The minimum absolute atomic E-state index is 0.179. The summed E-state index contributed by atoms with van der Waals surface area (Å²) in [6, 6.07) is 4.11. The zero-order chi connectivity index (χ0) is 11.4. The Kier molecular flexibility index (Phi) is 3.96. The van der Waals surface area contributed by atoms with Crippen LogP contribution in [0, 0.1) is 5.92 Å². The van der Waals surface area contributed by atoms with Crippen LogP contribution in [0.25, 0.3) is 0 Å². The lowest BCUT2D eigenvalue weighted by atomic mass is 9.98. The highest BCUT2D eigenvalue weighted by molar-refractivity contribution is 7.09. The normalized spacial score (nSPS) is 20.7. The molecule has 0 spiro atoms. The van der Waals surface area contributed by atoms with Crippen LogP contribution in [0.2, 0.25) is 0 Å². The van der Waals surface area contributed by atoms with E-state index in [1.807, 2.05) is 18.0 Å². The Morgan fingerprint density at radius 2 is 2.56 bits per heavy atom. The summed E-state index contributed by atoms with van der Waals surface area (Å²) in [6.45, 7) is 2.64. The fourth-order valence-corrected chi connectivity index (χ4v) is 2.85. The highest BCUT2D eigenvalue weighted by Crippen LogP contribution is 2.16. The molecule has 1 aliphatic heterocycles. The predicted molar refractivity (Wildman–Crippen MR) is 66.4 cm³/mol. The van der Waals surface area contributed by atoms with Gasteiger partial charge < -0.3 is 10.2 Å². The molecule has 1 saturated heterocycles. The first kappa shape index (κ1) is 11.6. The van der Waals surface area contributed by atoms with Gasteiger partial charge in [-0.25, -0.2) is 0 Å². The number of piperidine rings is 1. The van der Waals surface area contributed by atoms with Crippen molar-refractivity contribution in [1.82, 2.24) is 10.2 Å². The quantitative estimate of drug-likeness (QED) is 0.869. The lowest BCUT2D eigenvalue weighted by Gasteiger charge is -2.26. The van der Waals surface area contributed by atoms with Gasteiger partial charge in [0, 0.05) is 18.5 Å². The smallest absolute Gasteiger partial charge is 0.227 e. The van der Waals surface area contributed by atoms with Gasteiger partial charge in [-0.2, -0.15) is 0 Å². The number of rotatable bonds is 3. The van der Waals surface area contributed by atoms with E-state index in [0.29, 0.717) is 0 Å². The lowest BCUT2D eigenvalue weighted by molar-refractivity contribution is -0.135. The lowest BCUT2D eigenvalue weighted by Crippen LogP contribution is -2.41. The molecule has 1 N–H and O–H groups in total. The van der Waals surface area contributed by atoms with E-state index in [9.17, 15) is 4.79 Å². The van der Waals surface area contributed by atoms with Crippen molar-refractivity contribution in [2.45, 2.75) is 19.4 Å². The van der Waals surface area contributed by atoms with E-state index in [1.165, 1.54) is 4.88 Å². The minimum Gasteiger partial charge on any atom is -0.340 e. The maximum absolute atomic E-state index is 12.1. The van der Waals surface area contributed by atoms with E-state index in [2.05, 4.69) is 16.8 Å². The van der Waals surface area contributed by atoms with Gasteiger partial charge >= 0.3 is 0 Å². The maximum atomic E-state index is 12.1. The number of carbonyl (C=O) groups excluding carboxylic acids is 1. The van der Waals surface area contributed by atoms with E-state index >= 15 is 0 Å². The van der Waals surface area contributed by atoms with E-state index in [-0.39, 0.29) is 11.8 Å². The summed E-state index contributed by atoms with van der Waals surface area (Å²) >= 11 is 1.71. The van der Waals surface area contributed by atoms with E-state index in [4.69, 9.17) is 0 Å². The molecule has 1 amide bonds. The summed E-state index contributed by atoms with van der Waals surface area (Å²) in [5.41, 5.74) is 0. The first-order valence-corrected chi connectivity index (χ1v) is 6.63. The summed E-state index contributed by atoms with van der Waals surface area (Å²) in [6.07, 6.45) is 2.14. The summed E-state index contributed by atoms with van der Waals surface area (Å²) in [4.78, 5) is 15.2. The third-order valence-electron chi connectivity index (χ3n) is 3.00. The molecule has 4 heteroatoms. The number of hydrogen-bond donors (Lipinski definition) is 1. The van der Waals surface area contributed by atoms with Gasteiger partial charge in [-0.3, -0.25) is 4.79 Å². The topological polar surface area (TPSA) is 32.3 Å². The third kappa shape index (κ3) is 2.83. The largest absolute Gasteiger partial charge is 0.340 e. The molecular formula is C12H18N2OS. The van der Waals surface area contributed by atoms with Crippen LogP contribution < -0.4 is 5.32 Å². The number of thiophene rings is 1. The molecule has 88 valence electrons. The molecule has 0 bridgehead atoms. The Balaban J connectivity index is 1.88. The molecule has 0 radical (unpaired) electrons. The second-order valence-corrected chi connectivity index (χ2v) is 5.35. The molecule has 1 aliphatic rings. The van der Waals surface area contributed by atoms with Crippen LogP contribution in [0.3, 0.4) is 0 Å². The Morgan fingerprint density at radius 3 is 3.19 bits per heavy atom. The van der Waals surface area contributed by atoms with Gasteiger partial charge in [0.2, 0.25) is 5.91 Å². The molecule has 0 aromatic carbocycles. The zero-order valence-electron chi connectivity index (χ0n) is 9.61. The predicted octanol–water partition coefficient (Wildman–Crippen LogP) is 1.71. The van der Waals surface area contributed by atoms with Gasteiger partial charge in [-0.1, -0.05) is 6.07 Å². The molecule has 1 aromatic rings. The maximum Gasteiger partial charge on any atom is 0.227 e. The van der Waals surface area contributed by atoms with Crippen LogP contribution in [0.4, 0.5) is 0 Å². The number of nitrogens with zero attached hydrogens (tertiary/aromatic N) is 1. The summed E-state index contributed by atoms with van der Waals surface area (Å²) < 4.78 is 0. The van der Waals surface area contributed by atoms with Gasteiger partial charge in [-0.05, 0) is 30.8 Å². The van der Waals surface area contributed by atoms with Crippen LogP contribution in [-0.2, 0) is 11.3 Å². The standard InChI is InChI=1S/C12H18N2OS/c1-14(9-11-5-3-7-16-11)12(15)10-4-2-6-13-8-10/h3,5,7,10,13H,2,4,6,8-9H2,1H3/t10-/m1/s1. The van der Waals surface area contributed by atoms with Crippen molar-refractivity contribution in [2.24, 2.45) is 5.92 Å². The average Bonchev–Trinajstić information content (AvgIpc) is 2.82. The molecule has 0 aliphatic carbocycles. The van der Waals surface area contributed by atoms with Crippen molar-refractivity contribution >= 4 is 17.2 Å². The molecule has 1 fully saturated rings. The van der Waals surface area contributed by atoms with E-state index in [0.717, 1.165) is 32.5 Å². The highest BCUT2D eigenvalue weighted by Gasteiger charge is 2.23. The van der Waals surface area contributed by atoms with Gasteiger partial charge in [0.1, 0.15) is 0 Å². The van der Waals surface area contributed by atoms with Crippen molar-refractivity contribution < 1.29 is 4.79 Å². The molecule has 0 saturated carbocycles. The highest BCUT2D eigenvalue weighted by atomic mass is 32.1. The summed E-state index contributed by atoms with van der Waals surface area (Å²) in [7, 11) is 1.90. The van der Waals surface area contributed by atoms with Crippen LogP contribution in [0.1, 0.15) is 17.7 Å². The van der Waals surface area contributed by atoms with Gasteiger partial charge in [0.05, 0.1) is 12.5 Å². The Morgan fingerprint density at radius 1 is 1.69 bits per heavy atom. The SMILES string of the molecule is CN(Cc1cccs1)C(=O)[C@@H]1CCCNC1. The fourth-order valence-electron chi connectivity index (χ4n) is 2.09. The van der Waals surface area contributed by atoms with Gasteiger partial charge in [-0.15, -0.1) is 11.3 Å².